The molecule has 0 fully saturated rings. The molecule has 2 aromatic carbocycles. The molecule has 106 valence electrons. The minimum absolute atomic E-state index is 0.0286. The molecule has 0 spiro atoms. The van der Waals surface area contributed by atoms with Crippen molar-refractivity contribution >= 4 is 38.9 Å². The highest BCUT2D eigenvalue weighted by molar-refractivity contribution is 7.92. The van der Waals surface area contributed by atoms with Crippen LogP contribution in [0, 0.1) is 6.92 Å². The molecule has 7 heteroatoms. The monoisotopic (exact) mass is 331 g/mol. The molecular weight excluding hydrogens is 321 g/mol. The number of nitrogens with one attached hydrogen (secondary N) is 1. The maximum atomic E-state index is 12.2. The fourth-order valence-corrected chi connectivity index (χ4v) is 3.12. The summed E-state index contributed by atoms with van der Waals surface area (Å²) in [5.41, 5.74) is 0.876. The Balaban J connectivity index is 2.41. The van der Waals surface area contributed by atoms with Gasteiger partial charge in [0.25, 0.3) is 10.0 Å². The molecule has 0 unspecified atom stereocenters. The molecule has 2 rings (SSSR count). The van der Waals surface area contributed by atoms with Crippen molar-refractivity contribution < 1.29 is 13.5 Å². The number of halogens is 2. The number of hydrogen-bond acceptors (Lipinski definition) is 3. The zero-order valence-corrected chi connectivity index (χ0v) is 12.7. The molecule has 0 saturated carbocycles. The summed E-state index contributed by atoms with van der Waals surface area (Å²) in [5, 5.41) is 9.95. The van der Waals surface area contributed by atoms with E-state index >= 15 is 0 Å². The lowest BCUT2D eigenvalue weighted by Crippen LogP contribution is -2.13. The van der Waals surface area contributed by atoms with E-state index in [1.54, 1.807) is 12.1 Å². The Labute approximate surface area is 127 Å². The van der Waals surface area contributed by atoms with Gasteiger partial charge in [-0.05, 0) is 31.2 Å². The number of aromatic hydroxyl groups is 1. The van der Waals surface area contributed by atoms with Crippen LogP contribution in [0.25, 0.3) is 0 Å². The van der Waals surface area contributed by atoms with E-state index in [1.165, 1.54) is 24.3 Å². The van der Waals surface area contributed by atoms with Crippen LogP contribution in [0.15, 0.2) is 41.3 Å². The number of sulfonamides is 1. The molecule has 2 N–H and O–H groups in total. The van der Waals surface area contributed by atoms with Crippen molar-refractivity contribution in [3.8, 4) is 5.75 Å². The van der Waals surface area contributed by atoms with Crippen LogP contribution < -0.4 is 4.72 Å². The van der Waals surface area contributed by atoms with Gasteiger partial charge in [0, 0.05) is 5.02 Å². The first kappa shape index (κ1) is 15.0. The summed E-state index contributed by atoms with van der Waals surface area (Å²) >= 11 is 11.5. The van der Waals surface area contributed by atoms with E-state index in [4.69, 9.17) is 23.2 Å². The Hall–Kier alpha value is -1.43. The molecule has 0 aliphatic carbocycles. The largest absolute Gasteiger partial charge is 0.504 e. The molecule has 0 bridgehead atoms. The number of hydrogen-bond donors (Lipinski definition) is 2. The van der Waals surface area contributed by atoms with Gasteiger partial charge >= 0.3 is 0 Å². The van der Waals surface area contributed by atoms with Crippen LogP contribution >= 0.6 is 23.2 Å². The average molecular weight is 332 g/mol. The summed E-state index contributed by atoms with van der Waals surface area (Å²) in [5.74, 6) is -0.369. The highest BCUT2D eigenvalue weighted by Crippen LogP contribution is 2.36. The van der Waals surface area contributed by atoms with E-state index in [0.717, 1.165) is 5.56 Å². The van der Waals surface area contributed by atoms with Gasteiger partial charge in [-0.2, -0.15) is 0 Å². The summed E-state index contributed by atoms with van der Waals surface area (Å²) in [6.45, 7) is 1.85. The molecule has 0 atom stereocenters. The van der Waals surface area contributed by atoms with E-state index < -0.39 is 10.0 Å². The number of benzene rings is 2. The first-order chi connectivity index (χ1) is 9.29. The molecule has 0 saturated heterocycles. The van der Waals surface area contributed by atoms with Gasteiger partial charge in [0.15, 0.2) is 5.75 Å². The first-order valence-corrected chi connectivity index (χ1v) is 7.81. The number of anilines is 1. The maximum absolute atomic E-state index is 12.2. The van der Waals surface area contributed by atoms with Crippen LogP contribution in [-0.2, 0) is 10.0 Å². The van der Waals surface area contributed by atoms with E-state index in [0.29, 0.717) is 0 Å². The van der Waals surface area contributed by atoms with E-state index in [-0.39, 0.29) is 26.4 Å². The summed E-state index contributed by atoms with van der Waals surface area (Å²) < 4.78 is 26.6. The molecule has 0 aliphatic heterocycles. The quantitative estimate of drug-likeness (QED) is 0.840. The summed E-state index contributed by atoms with van der Waals surface area (Å²) in [7, 11) is -3.81. The van der Waals surface area contributed by atoms with Crippen LogP contribution in [0.1, 0.15) is 5.56 Å². The molecular formula is C13H11Cl2NO3S. The Bertz CT molecular complexity index is 743. The van der Waals surface area contributed by atoms with Crippen LogP contribution in [0.3, 0.4) is 0 Å². The van der Waals surface area contributed by atoms with Crippen molar-refractivity contribution in [1.29, 1.82) is 0 Å². The second-order valence-corrected chi connectivity index (χ2v) is 6.73. The smallest absolute Gasteiger partial charge is 0.262 e. The SMILES string of the molecule is Cc1ccc(S(=O)(=O)Nc2cc(Cl)cc(Cl)c2O)cc1. The van der Waals surface area contributed by atoms with Crippen LogP contribution in [0.2, 0.25) is 10.0 Å². The van der Waals surface area contributed by atoms with Gasteiger partial charge in [-0.3, -0.25) is 4.72 Å². The lowest BCUT2D eigenvalue weighted by atomic mass is 10.2. The number of rotatable bonds is 3. The second-order valence-electron chi connectivity index (χ2n) is 4.20. The van der Waals surface area contributed by atoms with E-state index in [2.05, 4.69) is 4.72 Å². The lowest BCUT2D eigenvalue weighted by molar-refractivity contribution is 0.478. The molecule has 0 amide bonds. The number of aryl methyl sites for hydroxylation is 1. The van der Waals surface area contributed by atoms with Crippen molar-refractivity contribution in [1.82, 2.24) is 0 Å². The van der Waals surface area contributed by atoms with Crippen molar-refractivity contribution in [3.63, 3.8) is 0 Å². The third-order valence-corrected chi connectivity index (χ3v) is 4.49. The predicted molar refractivity (Wildman–Crippen MR) is 80.1 cm³/mol. The molecule has 0 heterocycles. The third kappa shape index (κ3) is 3.17. The fraction of sp³-hybridized carbons (Fsp3) is 0.0769. The third-order valence-electron chi connectivity index (χ3n) is 2.60. The van der Waals surface area contributed by atoms with Gasteiger partial charge in [0.1, 0.15) is 0 Å². The number of phenols is 1. The Morgan fingerprint density at radius 3 is 2.30 bits per heavy atom. The van der Waals surface area contributed by atoms with E-state index in [9.17, 15) is 13.5 Å². The van der Waals surface area contributed by atoms with Crippen LogP contribution in [0.4, 0.5) is 5.69 Å². The Morgan fingerprint density at radius 2 is 1.70 bits per heavy atom. The summed E-state index contributed by atoms with van der Waals surface area (Å²) in [6.07, 6.45) is 0. The summed E-state index contributed by atoms with van der Waals surface area (Å²) in [6, 6.07) is 8.91. The van der Waals surface area contributed by atoms with Crippen molar-refractivity contribution in [2.75, 3.05) is 4.72 Å². The van der Waals surface area contributed by atoms with Gasteiger partial charge in [-0.1, -0.05) is 40.9 Å². The molecule has 2 aromatic rings. The van der Waals surface area contributed by atoms with Gasteiger partial charge in [0.05, 0.1) is 15.6 Å². The highest BCUT2D eigenvalue weighted by Gasteiger charge is 2.17. The average Bonchev–Trinajstić information content (AvgIpc) is 2.35. The lowest BCUT2D eigenvalue weighted by Gasteiger charge is -2.11. The minimum Gasteiger partial charge on any atom is -0.504 e. The highest BCUT2D eigenvalue weighted by atomic mass is 35.5. The molecule has 0 aromatic heterocycles. The van der Waals surface area contributed by atoms with Crippen LogP contribution in [-0.4, -0.2) is 13.5 Å². The number of phenolic OH excluding ortho intramolecular Hbond substituents is 1. The van der Waals surface area contributed by atoms with Gasteiger partial charge < -0.3 is 5.11 Å². The summed E-state index contributed by atoms with van der Waals surface area (Å²) in [4.78, 5) is 0.0820. The van der Waals surface area contributed by atoms with Crippen molar-refractivity contribution in [2.45, 2.75) is 11.8 Å². The molecule has 20 heavy (non-hydrogen) atoms. The van der Waals surface area contributed by atoms with Gasteiger partial charge in [-0.15, -0.1) is 0 Å². The molecule has 4 nitrogen and oxygen atoms in total. The standard InChI is InChI=1S/C13H11Cl2NO3S/c1-8-2-4-10(5-3-8)20(18,19)16-12-7-9(14)6-11(15)13(12)17/h2-7,16-17H,1H3. The van der Waals surface area contributed by atoms with Crippen molar-refractivity contribution in [2.24, 2.45) is 0 Å². The minimum atomic E-state index is -3.81. The first-order valence-electron chi connectivity index (χ1n) is 5.57. The fourth-order valence-electron chi connectivity index (χ4n) is 1.56. The Kier molecular flexibility index (Phi) is 4.13. The Morgan fingerprint density at radius 1 is 1.10 bits per heavy atom. The molecule has 0 radical (unpaired) electrons. The maximum Gasteiger partial charge on any atom is 0.262 e. The zero-order valence-electron chi connectivity index (χ0n) is 10.4. The zero-order chi connectivity index (χ0) is 14.9. The van der Waals surface area contributed by atoms with Crippen molar-refractivity contribution in [3.05, 3.63) is 52.0 Å². The topological polar surface area (TPSA) is 66.4 Å². The van der Waals surface area contributed by atoms with Crippen LogP contribution in [0.5, 0.6) is 5.75 Å². The van der Waals surface area contributed by atoms with E-state index in [1.807, 2.05) is 6.92 Å². The molecule has 0 aliphatic rings. The van der Waals surface area contributed by atoms with Gasteiger partial charge in [-0.25, -0.2) is 8.42 Å². The second kappa shape index (κ2) is 5.52. The normalized spacial score (nSPS) is 11.3. The predicted octanol–water partition coefficient (Wildman–Crippen LogP) is 3.81. The van der Waals surface area contributed by atoms with Gasteiger partial charge in [0.2, 0.25) is 0 Å².